The summed E-state index contributed by atoms with van der Waals surface area (Å²) in [5, 5.41) is 2.70. The third-order valence-electron chi connectivity index (χ3n) is 4.33. The summed E-state index contributed by atoms with van der Waals surface area (Å²) in [6.07, 6.45) is 4.04. The monoisotopic (exact) mass is 338 g/mol. The Bertz CT molecular complexity index is 687. The van der Waals surface area contributed by atoms with Gasteiger partial charge in [0, 0.05) is 19.6 Å². The molecule has 0 aromatic heterocycles. The fourth-order valence-corrected chi connectivity index (χ4v) is 4.63. The Balaban J connectivity index is 1.40. The molecule has 1 saturated heterocycles. The molecule has 6 nitrogen and oxygen atoms in total. The molecule has 0 unspecified atom stereocenters. The minimum atomic E-state index is -3.10. The molecule has 0 bridgehead atoms. The minimum Gasteiger partial charge on any atom is -0.484 e. The first-order valence-corrected chi connectivity index (χ1v) is 9.65. The van der Waals surface area contributed by atoms with Gasteiger partial charge >= 0.3 is 0 Å². The number of nitrogens with one attached hydrogen (secondary N) is 1. The molecule has 1 aliphatic heterocycles. The van der Waals surface area contributed by atoms with Crippen molar-refractivity contribution in [3.8, 4) is 5.75 Å². The van der Waals surface area contributed by atoms with Crippen LogP contribution >= 0.6 is 0 Å². The van der Waals surface area contributed by atoms with E-state index in [4.69, 9.17) is 4.74 Å². The van der Waals surface area contributed by atoms with E-state index in [1.165, 1.54) is 21.9 Å². The van der Waals surface area contributed by atoms with Gasteiger partial charge in [-0.15, -0.1) is 0 Å². The number of aryl methyl sites for hydroxylation is 2. The van der Waals surface area contributed by atoms with E-state index < -0.39 is 10.0 Å². The Hall–Kier alpha value is -1.60. The van der Waals surface area contributed by atoms with Crippen LogP contribution in [0.25, 0.3) is 0 Å². The average molecular weight is 338 g/mol. The third-order valence-corrected chi connectivity index (χ3v) is 6.28. The SMILES string of the molecule is O=C(COc1ccc2c(c1)CCC2)NCCN1CCCS1(=O)=O. The second-order valence-electron chi connectivity index (χ2n) is 5.99. The van der Waals surface area contributed by atoms with Crippen LogP contribution in [0.4, 0.5) is 0 Å². The summed E-state index contributed by atoms with van der Waals surface area (Å²) >= 11 is 0. The van der Waals surface area contributed by atoms with Gasteiger partial charge in [-0.1, -0.05) is 6.07 Å². The largest absolute Gasteiger partial charge is 0.484 e. The van der Waals surface area contributed by atoms with E-state index in [1.54, 1.807) is 0 Å². The van der Waals surface area contributed by atoms with Gasteiger partial charge in [0.2, 0.25) is 10.0 Å². The van der Waals surface area contributed by atoms with Crippen LogP contribution in [0.5, 0.6) is 5.75 Å². The fraction of sp³-hybridized carbons (Fsp3) is 0.562. The van der Waals surface area contributed by atoms with Crippen molar-refractivity contribution in [2.75, 3.05) is 32.0 Å². The Labute approximate surface area is 136 Å². The predicted octanol–water partition coefficient (Wildman–Crippen LogP) is 0.706. The number of carbonyl (C=O) groups excluding carboxylic acids is 1. The molecule has 1 aliphatic carbocycles. The van der Waals surface area contributed by atoms with Gasteiger partial charge in [-0.3, -0.25) is 4.79 Å². The van der Waals surface area contributed by atoms with Gasteiger partial charge in [-0.25, -0.2) is 12.7 Å². The highest BCUT2D eigenvalue weighted by atomic mass is 32.2. The van der Waals surface area contributed by atoms with Crippen molar-refractivity contribution < 1.29 is 17.9 Å². The van der Waals surface area contributed by atoms with E-state index in [0.29, 0.717) is 31.8 Å². The maximum atomic E-state index is 11.8. The van der Waals surface area contributed by atoms with Crippen molar-refractivity contribution >= 4 is 15.9 Å². The van der Waals surface area contributed by atoms with Crippen LogP contribution in [0.1, 0.15) is 24.0 Å². The maximum Gasteiger partial charge on any atom is 0.257 e. The highest BCUT2D eigenvalue weighted by Gasteiger charge is 2.27. The topological polar surface area (TPSA) is 75.7 Å². The van der Waals surface area contributed by atoms with Gasteiger partial charge in [0.05, 0.1) is 5.75 Å². The molecule has 0 saturated carbocycles. The minimum absolute atomic E-state index is 0.0501. The molecular weight excluding hydrogens is 316 g/mol. The zero-order chi connectivity index (χ0) is 16.3. The van der Waals surface area contributed by atoms with Crippen LogP contribution in [0, 0.1) is 0 Å². The van der Waals surface area contributed by atoms with Gasteiger partial charge in [0.15, 0.2) is 6.61 Å². The van der Waals surface area contributed by atoms with Gasteiger partial charge in [-0.2, -0.15) is 0 Å². The van der Waals surface area contributed by atoms with Gasteiger partial charge in [0.1, 0.15) is 5.75 Å². The molecule has 1 aromatic carbocycles. The standard InChI is InChI=1S/C16H22N2O4S/c19-16(17-7-9-18-8-2-10-23(18,20)21)12-22-15-6-5-13-3-1-4-14(13)11-15/h5-6,11H,1-4,7-10,12H2,(H,17,19). The van der Waals surface area contributed by atoms with Gasteiger partial charge in [-0.05, 0) is 48.9 Å². The summed E-state index contributed by atoms with van der Waals surface area (Å²) in [4.78, 5) is 11.8. The Kier molecular flexibility index (Phi) is 4.87. The molecule has 0 spiro atoms. The summed E-state index contributed by atoms with van der Waals surface area (Å²) in [5.41, 5.74) is 2.68. The molecule has 0 atom stereocenters. The first-order chi connectivity index (χ1) is 11.0. The lowest BCUT2D eigenvalue weighted by Gasteiger charge is -2.14. The Morgan fingerprint density at radius 2 is 2.04 bits per heavy atom. The van der Waals surface area contributed by atoms with E-state index in [2.05, 4.69) is 11.4 Å². The molecule has 3 rings (SSSR count). The number of nitrogens with zero attached hydrogens (tertiary/aromatic N) is 1. The summed E-state index contributed by atoms with van der Waals surface area (Å²) in [7, 11) is -3.10. The Morgan fingerprint density at radius 1 is 1.22 bits per heavy atom. The summed E-state index contributed by atoms with van der Waals surface area (Å²) in [5.74, 6) is 0.688. The third kappa shape index (κ3) is 4.03. The lowest BCUT2D eigenvalue weighted by molar-refractivity contribution is -0.123. The van der Waals surface area contributed by atoms with Crippen molar-refractivity contribution in [3.05, 3.63) is 29.3 Å². The molecule has 23 heavy (non-hydrogen) atoms. The molecule has 1 fully saturated rings. The summed E-state index contributed by atoms with van der Waals surface area (Å²) in [6, 6.07) is 5.97. The lowest BCUT2D eigenvalue weighted by atomic mass is 10.1. The van der Waals surface area contributed by atoms with Crippen molar-refractivity contribution in [3.63, 3.8) is 0 Å². The number of carbonyl (C=O) groups is 1. The number of sulfonamides is 1. The smallest absolute Gasteiger partial charge is 0.257 e. The van der Waals surface area contributed by atoms with Gasteiger partial charge in [0.25, 0.3) is 5.91 Å². The van der Waals surface area contributed by atoms with Crippen molar-refractivity contribution in [1.29, 1.82) is 0 Å². The second-order valence-corrected chi connectivity index (χ2v) is 8.08. The van der Waals surface area contributed by atoms with Crippen molar-refractivity contribution in [2.24, 2.45) is 0 Å². The van der Waals surface area contributed by atoms with E-state index in [1.807, 2.05) is 12.1 Å². The Morgan fingerprint density at radius 3 is 2.83 bits per heavy atom. The van der Waals surface area contributed by atoms with Crippen LogP contribution in [-0.4, -0.2) is 50.6 Å². The van der Waals surface area contributed by atoms with Crippen LogP contribution < -0.4 is 10.1 Å². The van der Waals surface area contributed by atoms with E-state index in [-0.39, 0.29) is 18.3 Å². The number of rotatable bonds is 6. The van der Waals surface area contributed by atoms with E-state index in [9.17, 15) is 13.2 Å². The number of amides is 1. The van der Waals surface area contributed by atoms with Crippen LogP contribution in [0.2, 0.25) is 0 Å². The zero-order valence-electron chi connectivity index (χ0n) is 13.1. The number of ether oxygens (including phenoxy) is 1. The first kappa shape index (κ1) is 16.3. The lowest BCUT2D eigenvalue weighted by Crippen LogP contribution is -2.37. The molecular formula is C16H22N2O4S. The maximum absolute atomic E-state index is 11.8. The fourth-order valence-electron chi connectivity index (χ4n) is 3.10. The normalized spacial score (nSPS) is 19.5. The predicted molar refractivity (Wildman–Crippen MR) is 86.9 cm³/mol. The molecule has 7 heteroatoms. The highest BCUT2D eigenvalue weighted by molar-refractivity contribution is 7.89. The number of benzene rings is 1. The molecule has 1 N–H and O–H groups in total. The van der Waals surface area contributed by atoms with Gasteiger partial charge < -0.3 is 10.1 Å². The number of hydrogen-bond donors (Lipinski definition) is 1. The molecule has 1 aromatic rings. The molecule has 2 aliphatic rings. The van der Waals surface area contributed by atoms with Crippen LogP contribution in [-0.2, 0) is 27.7 Å². The summed E-state index contributed by atoms with van der Waals surface area (Å²) < 4.78 is 30.2. The average Bonchev–Trinajstić information content (AvgIpc) is 3.11. The molecule has 1 amide bonds. The summed E-state index contributed by atoms with van der Waals surface area (Å²) in [6.45, 7) is 1.13. The van der Waals surface area contributed by atoms with E-state index >= 15 is 0 Å². The van der Waals surface area contributed by atoms with Crippen LogP contribution in [0.3, 0.4) is 0 Å². The number of fused-ring (bicyclic) bond motifs is 1. The molecule has 1 heterocycles. The van der Waals surface area contributed by atoms with Crippen LogP contribution in [0.15, 0.2) is 18.2 Å². The highest BCUT2D eigenvalue weighted by Crippen LogP contribution is 2.25. The molecule has 126 valence electrons. The second kappa shape index (κ2) is 6.88. The zero-order valence-corrected chi connectivity index (χ0v) is 13.9. The first-order valence-electron chi connectivity index (χ1n) is 8.04. The van der Waals surface area contributed by atoms with Crippen molar-refractivity contribution in [1.82, 2.24) is 9.62 Å². The molecule has 0 radical (unpaired) electrons. The quantitative estimate of drug-likeness (QED) is 0.829. The van der Waals surface area contributed by atoms with Crippen molar-refractivity contribution in [2.45, 2.75) is 25.7 Å². The van der Waals surface area contributed by atoms with E-state index in [0.717, 1.165) is 12.8 Å². The number of hydrogen-bond acceptors (Lipinski definition) is 4.